The fraction of sp³-hybridized carbons (Fsp3) is 0.0800. The van der Waals surface area contributed by atoms with Gasteiger partial charge in [0.1, 0.15) is 24.7 Å². The minimum absolute atomic E-state index is 0.179. The molecule has 0 aliphatic heterocycles. The third-order valence-electron chi connectivity index (χ3n) is 4.92. The van der Waals surface area contributed by atoms with E-state index in [1.165, 1.54) is 16.4 Å². The Labute approximate surface area is 193 Å². The zero-order chi connectivity index (χ0) is 23.2. The Morgan fingerprint density at radius 3 is 2.21 bits per heavy atom. The first kappa shape index (κ1) is 22.3. The lowest BCUT2D eigenvalue weighted by molar-refractivity contribution is 0.0697. The van der Waals surface area contributed by atoms with Gasteiger partial charge in [0.25, 0.3) is 11.3 Å². The number of carboxylic acids is 1. The molecule has 4 aromatic carbocycles. The quantitative estimate of drug-likeness (QED) is 0.259. The zero-order valence-corrected chi connectivity index (χ0v) is 18.3. The number of rotatable bonds is 9. The molecule has 8 heteroatoms. The van der Waals surface area contributed by atoms with E-state index in [2.05, 4.69) is 0 Å². The molecule has 1 unspecified atom stereocenters. The van der Waals surface area contributed by atoms with Gasteiger partial charge in [-0.3, -0.25) is 4.55 Å². The summed E-state index contributed by atoms with van der Waals surface area (Å²) in [6.45, 7) is 0.389. The molecule has 33 heavy (non-hydrogen) atoms. The summed E-state index contributed by atoms with van der Waals surface area (Å²) in [6.07, 6.45) is 0. The van der Waals surface area contributed by atoms with E-state index >= 15 is 0 Å². The Bertz CT molecular complexity index is 1290. The summed E-state index contributed by atoms with van der Waals surface area (Å²) in [5.74, 6) is -0.0530. The Hall–Kier alpha value is -3.88. The van der Waals surface area contributed by atoms with Crippen LogP contribution in [0.4, 0.5) is 11.4 Å². The van der Waals surface area contributed by atoms with Crippen molar-refractivity contribution < 1.29 is 28.1 Å². The van der Waals surface area contributed by atoms with Crippen molar-refractivity contribution >= 4 is 39.4 Å². The molecule has 2 N–H and O–H groups in total. The number of anilines is 2. The number of hydrogen-bond donors (Lipinski definition) is 2. The highest BCUT2D eigenvalue weighted by Crippen LogP contribution is 2.36. The van der Waals surface area contributed by atoms with Gasteiger partial charge in [-0.1, -0.05) is 42.5 Å². The van der Waals surface area contributed by atoms with Crippen molar-refractivity contribution in [2.75, 3.05) is 17.5 Å². The molecule has 0 fully saturated rings. The second-order valence-electron chi connectivity index (χ2n) is 7.05. The standard InChI is InChI=1S/C25H21NO6S/c27-25(28)19-10-13-22(14-11-19)31-15-16-32-24-8-4-3-7-23(24)26(33(29)30)21-12-9-18-5-1-2-6-20(18)17-21/h1-14,17H,15-16H2,(H,27,28)(H,29,30). The number of para-hydroxylation sites is 2. The number of aromatic carboxylic acids is 1. The average molecular weight is 464 g/mol. The summed E-state index contributed by atoms with van der Waals surface area (Å²) in [6, 6.07) is 26.4. The van der Waals surface area contributed by atoms with Crippen molar-refractivity contribution in [1.29, 1.82) is 0 Å². The van der Waals surface area contributed by atoms with Crippen molar-refractivity contribution in [2.24, 2.45) is 0 Å². The molecular formula is C25H21NO6S. The van der Waals surface area contributed by atoms with Crippen LogP contribution in [0.25, 0.3) is 10.8 Å². The third-order valence-corrected chi connectivity index (χ3v) is 5.64. The molecule has 0 radical (unpaired) electrons. The van der Waals surface area contributed by atoms with Crippen LogP contribution in [0.1, 0.15) is 10.4 Å². The molecule has 0 bridgehead atoms. The molecular weight excluding hydrogens is 442 g/mol. The predicted octanol–water partition coefficient (Wildman–Crippen LogP) is 5.27. The monoisotopic (exact) mass is 463 g/mol. The summed E-state index contributed by atoms with van der Waals surface area (Å²) in [7, 11) is 0. The SMILES string of the molecule is O=C(O)c1ccc(OCCOc2ccccc2N(c2ccc3ccccc3c2)S(=O)O)cc1. The van der Waals surface area contributed by atoms with Crippen LogP contribution in [0.3, 0.4) is 0 Å². The van der Waals surface area contributed by atoms with Crippen LogP contribution >= 0.6 is 0 Å². The van der Waals surface area contributed by atoms with Gasteiger partial charge in [-0.05, 0) is 59.3 Å². The second-order valence-corrected chi connectivity index (χ2v) is 7.88. The fourth-order valence-electron chi connectivity index (χ4n) is 3.37. The van der Waals surface area contributed by atoms with Crippen LogP contribution in [0.15, 0.2) is 91.0 Å². The van der Waals surface area contributed by atoms with E-state index in [-0.39, 0.29) is 18.8 Å². The Morgan fingerprint density at radius 1 is 0.818 bits per heavy atom. The maximum absolute atomic E-state index is 12.3. The molecule has 0 saturated heterocycles. The number of fused-ring (bicyclic) bond motifs is 1. The van der Waals surface area contributed by atoms with E-state index in [9.17, 15) is 13.6 Å². The van der Waals surface area contributed by atoms with Gasteiger partial charge in [0.05, 0.1) is 16.9 Å². The maximum atomic E-state index is 12.3. The number of benzene rings is 4. The van der Waals surface area contributed by atoms with Gasteiger partial charge in [-0.2, -0.15) is 0 Å². The number of ether oxygens (including phenoxy) is 2. The molecule has 0 saturated carbocycles. The van der Waals surface area contributed by atoms with Gasteiger partial charge in [0, 0.05) is 0 Å². The zero-order valence-electron chi connectivity index (χ0n) is 17.5. The minimum atomic E-state index is -2.33. The molecule has 0 heterocycles. The molecule has 0 aliphatic rings. The van der Waals surface area contributed by atoms with Crippen LogP contribution in [0.2, 0.25) is 0 Å². The van der Waals surface area contributed by atoms with Gasteiger partial charge < -0.3 is 14.6 Å². The largest absolute Gasteiger partial charge is 0.490 e. The average Bonchev–Trinajstić information content (AvgIpc) is 2.83. The van der Waals surface area contributed by atoms with E-state index in [4.69, 9.17) is 14.6 Å². The smallest absolute Gasteiger partial charge is 0.335 e. The molecule has 4 rings (SSSR count). The highest BCUT2D eigenvalue weighted by molar-refractivity contribution is 7.81. The molecule has 4 aromatic rings. The van der Waals surface area contributed by atoms with Crippen molar-refractivity contribution in [3.63, 3.8) is 0 Å². The normalized spacial score (nSPS) is 11.7. The van der Waals surface area contributed by atoms with Crippen LogP contribution < -0.4 is 13.8 Å². The fourth-order valence-corrected chi connectivity index (χ4v) is 3.98. The summed E-state index contributed by atoms with van der Waals surface area (Å²) < 4.78 is 35.1. The molecule has 0 aliphatic carbocycles. The van der Waals surface area contributed by atoms with Crippen molar-refractivity contribution in [2.45, 2.75) is 0 Å². The number of carbonyl (C=O) groups is 1. The van der Waals surface area contributed by atoms with Gasteiger partial charge >= 0.3 is 5.97 Å². The van der Waals surface area contributed by atoms with Gasteiger partial charge in [0.2, 0.25) is 0 Å². The molecule has 7 nitrogen and oxygen atoms in total. The van der Waals surface area contributed by atoms with E-state index in [1.807, 2.05) is 36.4 Å². The predicted molar refractivity (Wildman–Crippen MR) is 128 cm³/mol. The topological polar surface area (TPSA) is 96.3 Å². The van der Waals surface area contributed by atoms with Crippen LogP contribution in [-0.2, 0) is 11.3 Å². The molecule has 168 valence electrons. The van der Waals surface area contributed by atoms with Crippen LogP contribution in [-0.4, -0.2) is 33.1 Å². The number of nitrogens with zero attached hydrogens (tertiary/aromatic N) is 1. The molecule has 1 atom stereocenters. The van der Waals surface area contributed by atoms with Gasteiger partial charge in [-0.25, -0.2) is 13.3 Å². The first-order valence-electron chi connectivity index (χ1n) is 10.1. The third kappa shape index (κ3) is 5.31. The lowest BCUT2D eigenvalue weighted by Crippen LogP contribution is -2.20. The lowest BCUT2D eigenvalue weighted by atomic mass is 10.1. The Kier molecular flexibility index (Phi) is 6.87. The Morgan fingerprint density at radius 2 is 1.48 bits per heavy atom. The first-order chi connectivity index (χ1) is 16.0. The van der Waals surface area contributed by atoms with E-state index in [0.29, 0.717) is 22.9 Å². The highest BCUT2D eigenvalue weighted by Gasteiger charge is 2.19. The first-order valence-corrected chi connectivity index (χ1v) is 11.2. The highest BCUT2D eigenvalue weighted by atomic mass is 32.2. The summed E-state index contributed by atoms with van der Waals surface area (Å²) in [5, 5.41) is 10.9. The second kappa shape index (κ2) is 10.2. The van der Waals surface area contributed by atoms with Crippen molar-refractivity contribution in [1.82, 2.24) is 0 Å². The summed E-state index contributed by atoms with van der Waals surface area (Å²) >= 11 is -2.33. The Balaban J connectivity index is 1.49. The summed E-state index contributed by atoms with van der Waals surface area (Å²) in [5.41, 5.74) is 1.18. The summed E-state index contributed by atoms with van der Waals surface area (Å²) in [4.78, 5) is 10.9. The maximum Gasteiger partial charge on any atom is 0.335 e. The van der Waals surface area contributed by atoms with Crippen molar-refractivity contribution in [3.05, 3.63) is 96.6 Å². The van der Waals surface area contributed by atoms with Crippen LogP contribution in [0.5, 0.6) is 11.5 Å². The molecule has 0 spiro atoms. The number of hydrogen-bond acceptors (Lipinski definition) is 4. The van der Waals surface area contributed by atoms with E-state index in [0.717, 1.165) is 10.8 Å². The number of carboxylic acid groups (broad SMARTS) is 1. The lowest BCUT2D eigenvalue weighted by Gasteiger charge is -2.23. The van der Waals surface area contributed by atoms with E-state index < -0.39 is 17.2 Å². The molecule has 0 aromatic heterocycles. The van der Waals surface area contributed by atoms with Crippen molar-refractivity contribution in [3.8, 4) is 11.5 Å². The minimum Gasteiger partial charge on any atom is -0.490 e. The van der Waals surface area contributed by atoms with E-state index in [1.54, 1.807) is 42.5 Å². The van der Waals surface area contributed by atoms with Crippen LogP contribution in [0, 0.1) is 0 Å². The molecule has 0 amide bonds. The van der Waals surface area contributed by atoms with Gasteiger partial charge in [-0.15, -0.1) is 0 Å². The van der Waals surface area contributed by atoms with Gasteiger partial charge in [0.15, 0.2) is 0 Å².